The Labute approximate surface area is 156 Å². The van der Waals surface area contributed by atoms with Crippen LogP contribution in [0.3, 0.4) is 0 Å². The largest absolute Gasteiger partial charge is 0.462 e. The number of ether oxygens (including phenoxy) is 1. The molecule has 0 aliphatic carbocycles. The Morgan fingerprint density at radius 1 is 1.38 bits per heavy atom. The van der Waals surface area contributed by atoms with Gasteiger partial charge in [0.1, 0.15) is 16.0 Å². The van der Waals surface area contributed by atoms with Crippen molar-refractivity contribution in [1.29, 1.82) is 5.26 Å². The molecule has 0 atom stereocenters. The maximum Gasteiger partial charge on any atom is 0.350 e. The monoisotopic (exact) mass is 367 g/mol. The number of benzene rings is 1. The average molecular weight is 367 g/mol. The fraction of sp³-hybridized carbons (Fsp3) is 0.350. The molecule has 1 aromatic carbocycles. The summed E-state index contributed by atoms with van der Waals surface area (Å²) in [5.74, 6) is -0.339. The van der Waals surface area contributed by atoms with Crippen LogP contribution in [-0.2, 0) is 4.74 Å². The van der Waals surface area contributed by atoms with Crippen LogP contribution in [0.2, 0.25) is 0 Å². The third kappa shape index (κ3) is 2.89. The summed E-state index contributed by atoms with van der Waals surface area (Å²) in [5, 5.41) is 11.3. The van der Waals surface area contributed by atoms with Crippen LogP contribution in [0.25, 0.3) is 21.5 Å². The summed E-state index contributed by atoms with van der Waals surface area (Å²) in [6.45, 7) is 10.1. The number of hydrogen-bond donors (Lipinski definition) is 0. The van der Waals surface area contributed by atoms with E-state index >= 15 is 0 Å². The highest BCUT2D eigenvalue weighted by Gasteiger charge is 2.20. The van der Waals surface area contributed by atoms with Crippen LogP contribution >= 0.6 is 11.3 Å². The van der Waals surface area contributed by atoms with Crippen molar-refractivity contribution < 1.29 is 9.53 Å². The number of carbonyl (C=O) groups excluding carboxylic acids is 1. The number of aryl methyl sites for hydroxylation is 1. The second-order valence-electron chi connectivity index (χ2n) is 6.42. The predicted octanol–water partition coefficient (Wildman–Crippen LogP) is 5.01. The lowest BCUT2D eigenvalue weighted by Gasteiger charge is -2.12. The van der Waals surface area contributed by atoms with Crippen LogP contribution in [0.1, 0.15) is 53.4 Å². The molecule has 3 rings (SSSR count). The van der Waals surface area contributed by atoms with Crippen LogP contribution in [0.5, 0.6) is 0 Å². The van der Waals surface area contributed by atoms with Crippen LogP contribution in [0.4, 0.5) is 0 Å². The molecular weight excluding hydrogens is 346 g/mol. The quantitative estimate of drug-likeness (QED) is 0.608. The van der Waals surface area contributed by atoms with Gasteiger partial charge in [-0.25, -0.2) is 9.78 Å². The van der Waals surface area contributed by atoms with Gasteiger partial charge in [-0.1, -0.05) is 0 Å². The van der Waals surface area contributed by atoms with E-state index in [1.54, 1.807) is 6.92 Å². The van der Waals surface area contributed by atoms with Gasteiger partial charge >= 0.3 is 5.97 Å². The summed E-state index contributed by atoms with van der Waals surface area (Å²) in [6, 6.07) is 8.61. The van der Waals surface area contributed by atoms with Crippen molar-refractivity contribution >= 4 is 28.2 Å². The maximum atomic E-state index is 12.0. The molecule has 26 heavy (non-hydrogen) atoms. The van der Waals surface area contributed by atoms with Gasteiger partial charge < -0.3 is 9.30 Å². The molecular formula is C20H21N3O2S. The van der Waals surface area contributed by atoms with Gasteiger partial charge in [-0.2, -0.15) is 5.26 Å². The minimum atomic E-state index is -0.339. The van der Waals surface area contributed by atoms with E-state index in [4.69, 9.17) is 4.74 Å². The zero-order valence-corrected chi connectivity index (χ0v) is 16.4. The summed E-state index contributed by atoms with van der Waals surface area (Å²) in [6.07, 6.45) is 0. The fourth-order valence-electron chi connectivity index (χ4n) is 3.29. The normalized spacial score (nSPS) is 11.1. The van der Waals surface area contributed by atoms with Gasteiger partial charge in [-0.3, -0.25) is 0 Å². The molecule has 2 aromatic heterocycles. The molecule has 0 fully saturated rings. The Morgan fingerprint density at radius 3 is 2.73 bits per heavy atom. The van der Waals surface area contributed by atoms with E-state index in [1.807, 2.05) is 32.0 Å². The second-order valence-corrected chi connectivity index (χ2v) is 7.42. The van der Waals surface area contributed by atoms with Crippen LogP contribution < -0.4 is 0 Å². The number of nitrogens with zero attached hydrogens (tertiary/aromatic N) is 3. The highest BCUT2D eigenvalue weighted by Crippen LogP contribution is 2.34. The number of nitriles is 1. The van der Waals surface area contributed by atoms with E-state index in [9.17, 15) is 10.1 Å². The van der Waals surface area contributed by atoms with E-state index in [0.29, 0.717) is 22.7 Å². The van der Waals surface area contributed by atoms with E-state index < -0.39 is 0 Å². The SMILES string of the molecule is CCOC(=O)c1sc(-c2ccc3c(c2)c(C#N)c(C)n3C(C)C)nc1C. The van der Waals surface area contributed by atoms with E-state index in [0.717, 1.165) is 27.2 Å². The van der Waals surface area contributed by atoms with Crippen LogP contribution in [0, 0.1) is 25.2 Å². The third-order valence-corrected chi connectivity index (χ3v) is 5.57. The summed E-state index contributed by atoms with van der Waals surface area (Å²) in [4.78, 5) is 17.1. The number of thiazole rings is 1. The molecule has 0 N–H and O–H groups in total. The molecule has 0 amide bonds. The molecule has 0 saturated heterocycles. The number of esters is 1. The number of hydrogen-bond acceptors (Lipinski definition) is 5. The van der Waals surface area contributed by atoms with Gasteiger partial charge in [-0.05, 0) is 52.8 Å². The number of rotatable bonds is 4. The molecule has 0 unspecified atom stereocenters. The first kappa shape index (κ1) is 18.2. The van der Waals surface area contributed by atoms with Gasteiger partial charge in [0.15, 0.2) is 0 Å². The van der Waals surface area contributed by atoms with E-state index in [1.165, 1.54) is 11.3 Å². The van der Waals surface area contributed by atoms with Gasteiger partial charge in [0, 0.05) is 28.2 Å². The van der Waals surface area contributed by atoms with Gasteiger partial charge in [0.25, 0.3) is 0 Å². The minimum Gasteiger partial charge on any atom is -0.462 e. The summed E-state index contributed by atoms with van der Waals surface area (Å²) >= 11 is 1.32. The minimum absolute atomic E-state index is 0.267. The lowest BCUT2D eigenvalue weighted by atomic mass is 10.1. The molecule has 2 heterocycles. The molecule has 6 heteroatoms. The molecule has 0 radical (unpaired) electrons. The highest BCUT2D eigenvalue weighted by molar-refractivity contribution is 7.17. The van der Waals surface area contributed by atoms with Crippen LogP contribution in [0.15, 0.2) is 18.2 Å². The van der Waals surface area contributed by atoms with Crippen LogP contribution in [-0.4, -0.2) is 22.1 Å². The van der Waals surface area contributed by atoms with Crippen molar-refractivity contribution in [1.82, 2.24) is 9.55 Å². The Hall–Kier alpha value is -2.65. The zero-order chi connectivity index (χ0) is 19.0. The van der Waals surface area contributed by atoms with Gasteiger partial charge in [0.2, 0.25) is 0 Å². The Balaban J connectivity index is 2.15. The summed E-state index contributed by atoms with van der Waals surface area (Å²) < 4.78 is 7.27. The number of aromatic nitrogens is 2. The Kier molecular flexibility index (Phi) is 4.84. The first-order chi connectivity index (χ1) is 12.4. The first-order valence-electron chi connectivity index (χ1n) is 8.58. The highest BCUT2D eigenvalue weighted by atomic mass is 32.1. The molecule has 0 aliphatic rings. The number of fused-ring (bicyclic) bond motifs is 1. The Morgan fingerprint density at radius 2 is 2.12 bits per heavy atom. The molecule has 5 nitrogen and oxygen atoms in total. The topological polar surface area (TPSA) is 67.9 Å². The van der Waals surface area contributed by atoms with E-state index in [-0.39, 0.29) is 12.0 Å². The Bertz CT molecular complexity index is 1040. The van der Waals surface area contributed by atoms with E-state index in [2.05, 4.69) is 29.5 Å². The molecule has 3 aromatic rings. The lowest BCUT2D eigenvalue weighted by molar-refractivity contribution is 0.0531. The van der Waals surface area contributed by atoms with Crippen molar-refractivity contribution in [3.63, 3.8) is 0 Å². The van der Waals surface area contributed by atoms with Crippen molar-refractivity contribution in [2.75, 3.05) is 6.61 Å². The van der Waals surface area contributed by atoms with Gasteiger partial charge in [0.05, 0.1) is 17.9 Å². The lowest BCUT2D eigenvalue weighted by Crippen LogP contribution is -2.03. The molecule has 0 saturated carbocycles. The standard InChI is InChI=1S/C20H21N3O2S/c1-6-25-20(24)18-12(4)22-19(26-18)14-7-8-17-15(9-14)16(10-21)13(5)23(17)11(2)3/h7-9,11H,6H2,1-5H3. The second kappa shape index (κ2) is 6.93. The first-order valence-corrected chi connectivity index (χ1v) is 9.40. The molecule has 0 bridgehead atoms. The van der Waals surface area contributed by atoms with Gasteiger partial charge in [-0.15, -0.1) is 11.3 Å². The molecule has 0 aliphatic heterocycles. The van der Waals surface area contributed by atoms with Crippen molar-refractivity contribution in [2.24, 2.45) is 0 Å². The van der Waals surface area contributed by atoms with Crippen molar-refractivity contribution in [3.8, 4) is 16.6 Å². The number of carbonyl (C=O) groups is 1. The van der Waals surface area contributed by atoms with Crippen molar-refractivity contribution in [2.45, 2.75) is 40.7 Å². The smallest absolute Gasteiger partial charge is 0.350 e. The van der Waals surface area contributed by atoms with Crippen molar-refractivity contribution in [3.05, 3.63) is 40.0 Å². The summed E-state index contributed by atoms with van der Waals surface area (Å²) in [5.41, 5.74) is 4.27. The predicted molar refractivity (Wildman–Crippen MR) is 104 cm³/mol. The maximum absolute atomic E-state index is 12.0. The zero-order valence-electron chi connectivity index (χ0n) is 15.6. The average Bonchev–Trinajstić information content (AvgIpc) is 3.11. The fourth-order valence-corrected chi connectivity index (χ4v) is 4.24. The molecule has 134 valence electrons. The summed E-state index contributed by atoms with van der Waals surface area (Å²) in [7, 11) is 0. The molecule has 0 spiro atoms. The third-order valence-electron chi connectivity index (χ3n) is 4.38.